The molecule has 11 heteroatoms. The van der Waals surface area contributed by atoms with Gasteiger partial charge in [-0.2, -0.15) is 0 Å². The molecule has 162 valence electrons. The summed E-state index contributed by atoms with van der Waals surface area (Å²) in [7, 11) is -3.36. The second kappa shape index (κ2) is 11.0. The molecule has 0 fully saturated rings. The highest BCUT2D eigenvalue weighted by molar-refractivity contribution is 7.90. The minimum Gasteiger partial charge on any atom is -0.480 e. The van der Waals surface area contributed by atoms with E-state index in [0.29, 0.717) is 0 Å². The van der Waals surface area contributed by atoms with E-state index in [2.05, 4.69) is 16.0 Å². The van der Waals surface area contributed by atoms with Gasteiger partial charge >= 0.3 is 5.97 Å². The molecule has 0 radical (unpaired) electrons. The molecule has 0 bridgehead atoms. The van der Waals surface area contributed by atoms with Crippen molar-refractivity contribution in [3.8, 4) is 0 Å². The van der Waals surface area contributed by atoms with Crippen molar-refractivity contribution in [2.24, 2.45) is 11.8 Å². The van der Waals surface area contributed by atoms with E-state index in [9.17, 15) is 32.7 Å². The molecule has 3 unspecified atom stereocenters. The first-order valence-electron chi connectivity index (χ1n) is 8.94. The molecular formula is C17H31N3O7S. The van der Waals surface area contributed by atoms with E-state index in [-0.39, 0.29) is 24.0 Å². The zero-order valence-electron chi connectivity index (χ0n) is 17.1. The quantitative estimate of drug-likeness (QED) is 0.343. The van der Waals surface area contributed by atoms with Crippen LogP contribution in [-0.2, 0) is 29.0 Å². The Morgan fingerprint density at radius 1 is 0.857 bits per heavy atom. The van der Waals surface area contributed by atoms with Crippen molar-refractivity contribution in [3.63, 3.8) is 0 Å². The summed E-state index contributed by atoms with van der Waals surface area (Å²) in [6.45, 7) is 7.80. The molecule has 0 aromatic rings. The summed E-state index contributed by atoms with van der Waals surface area (Å²) < 4.78 is 22.7. The van der Waals surface area contributed by atoms with Crippen molar-refractivity contribution in [2.45, 2.75) is 59.2 Å². The van der Waals surface area contributed by atoms with Crippen molar-refractivity contribution in [1.82, 2.24) is 16.0 Å². The predicted octanol–water partition coefficient (Wildman–Crippen LogP) is -0.708. The Morgan fingerprint density at radius 2 is 1.32 bits per heavy atom. The van der Waals surface area contributed by atoms with E-state index in [1.165, 1.54) is 6.92 Å². The molecule has 0 aromatic heterocycles. The number of rotatable bonds is 11. The van der Waals surface area contributed by atoms with Gasteiger partial charge in [-0.1, -0.05) is 27.7 Å². The summed E-state index contributed by atoms with van der Waals surface area (Å²) in [5.41, 5.74) is 0. The number of sulfone groups is 1. The van der Waals surface area contributed by atoms with Crippen LogP contribution in [0.4, 0.5) is 0 Å². The number of carboxylic acid groups (broad SMARTS) is 1. The summed E-state index contributed by atoms with van der Waals surface area (Å²) in [6.07, 6.45) is 0.860. The first-order valence-corrected chi connectivity index (χ1v) is 11.0. The summed E-state index contributed by atoms with van der Waals surface area (Å²) >= 11 is 0. The zero-order valence-corrected chi connectivity index (χ0v) is 17.9. The van der Waals surface area contributed by atoms with E-state index in [4.69, 9.17) is 0 Å². The molecule has 0 saturated carbocycles. The Kier molecular flexibility index (Phi) is 10.1. The number of nitrogens with one attached hydrogen (secondary N) is 3. The second-order valence-corrected chi connectivity index (χ2v) is 9.73. The molecule has 0 aliphatic rings. The first kappa shape index (κ1) is 25.8. The fraction of sp³-hybridized carbons (Fsp3) is 0.765. The maximum Gasteiger partial charge on any atom is 0.326 e. The maximum atomic E-state index is 12.6. The first-order chi connectivity index (χ1) is 12.7. The number of hydrogen-bond acceptors (Lipinski definition) is 6. The van der Waals surface area contributed by atoms with Gasteiger partial charge in [0.1, 0.15) is 28.0 Å². The van der Waals surface area contributed by atoms with Gasteiger partial charge in [0.05, 0.1) is 5.75 Å². The van der Waals surface area contributed by atoms with Gasteiger partial charge in [0.2, 0.25) is 17.7 Å². The topological polar surface area (TPSA) is 159 Å². The minimum atomic E-state index is -3.36. The van der Waals surface area contributed by atoms with Crippen molar-refractivity contribution in [2.75, 3.05) is 12.0 Å². The highest BCUT2D eigenvalue weighted by Crippen LogP contribution is 2.08. The van der Waals surface area contributed by atoms with Crippen LogP contribution in [0.5, 0.6) is 0 Å². The van der Waals surface area contributed by atoms with Crippen LogP contribution in [-0.4, -0.2) is 67.3 Å². The van der Waals surface area contributed by atoms with Gasteiger partial charge in [0.15, 0.2) is 0 Å². The van der Waals surface area contributed by atoms with Gasteiger partial charge < -0.3 is 21.1 Å². The zero-order chi connectivity index (χ0) is 22.2. The smallest absolute Gasteiger partial charge is 0.326 e. The lowest BCUT2D eigenvalue weighted by atomic mass is 9.99. The van der Waals surface area contributed by atoms with Crippen molar-refractivity contribution in [3.05, 3.63) is 0 Å². The van der Waals surface area contributed by atoms with Gasteiger partial charge in [0.25, 0.3) is 0 Å². The third kappa shape index (κ3) is 9.67. The van der Waals surface area contributed by atoms with Crippen LogP contribution in [0, 0.1) is 11.8 Å². The molecule has 0 aliphatic heterocycles. The molecule has 0 saturated heterocycles. The SMILES string of the molecule is CC(=O)NC(CCS(C)(=O)=O)C(=O)NC(C(=O)NC(C(=O)O)C(C)C)C(C)C. The average molecular weight is 422 g/mol. The second-order valence-electron chi connectivity index (χ2n) is 7.47. The fourth-order valence-corrected chi connectivity index (χ4v) is 3.06. The van der Waals surface area contributed by atoms with Crippen molar-refractivity contribution >= 4 is 33.5 Å². The standard InChI is InChI=1S/C17H31N3O7S/c1-9(2)13(16(23)20-14(10(3)4)17(24)25)19-15(22)12(18-11(5)21)7-8-28(6,26)27/h9-10,12-14H,7-8H2,1-6H3,(H,18,21)(H,19,22)(H,20,23)(H,24,25). The predicted molar refractivity (Wildman–Crippen MR) is 103 cm³/mol. The van der Waals surface area contributed by atoms with E-state index in [0.717, 1.165) is 6.26 Å². The van der Waals surface area contributed by atoms with Crippen LogP contribution in [0.25, 0.3) is 0 Å². The molecule has 28 heavy (non-hydrogen) atoms. The molecule has 0 aliphatic carbocycles. The van der Waals surface area contributed by atoms with Gasteiger partial charge in [-0.15, -0.1) is 0 Å². The van der Waals surface area contributed by atoms with Gasteiger partial charge in [-0.05, 0) is 18.3 Å². The molecule has 3 amide bonds. The van der Waals surface area contributed by atoms with Crippen LogP contribution in [0.2, 0.25) is 0 Å². The largest absolute Gasteiger partial charge is 0.480 e. The lowest BCUT2D eigenvalue weighted by molar-refractivity contribution is -0.143. The lowest BCUT2D eigenvalue weighted by Gasteiger charge is -2.27. The van der Waals surface area contributed by atoms with E-state index in [1.807, 2.05) is 0 Å². The molecular weight excluding hydrogens is 390 g/mol. The fourth-order valence-electron chi connectivity index (χ4n) is 2.39. The molecule has 0 spiro atoms. The summed E-state index contributed by atoms with van der Waals surface area (Å²) in [5.74, 6) is -4.17. The van der Waals surface area contributed by atoms with Crippen LogP contribution in [0.3, 0.4) is 0 Å². The number of aliphatic carboxylic acids is 1. The molecule has 0 aromatic carbocycles. The third-order valence-corrected chi connectivity index (χ3v) is 4.93. The molecule has 0 rings (SSSR count). The maximum absolute atomic E-state index is 12.6. The van der Waals surface area contributed by atoms with Crippen LogP contribution in [0.15, 0.2) is 0 Å². The number of carbonyl (C=O) groups excluding carboxylic acids is 3. The van der Waals surface area contributed by atoms with Gasteiger partial charge in [0, 0.05) is 13.2 Å². The number of carbonyl (C=O) groups is 4. The van der Waals surface area contributed by atoms with Crippen molar-refractivity contribution in [1.29, 1.82) is 0 Å². The Labute approximate surface area is 165 Å². The molecule has 10 nitrogen and oxygen atoms in total. The summed E-state index contributed by atoms with van der Waals surface area (Å²) in [6, 6.07) is -3.31. The van der Waals surface area contributed by atoms with Gasteiger partial charge in [-0.25, -0.2) is 13.2 Å². The molecule has 0 heterocycles. The Balaban J connectivity index is 5.34. The van der Waals surface area contributed by atoms with Crippen LogP contribution in [0.1, 0.15) is 41.0 Å². The average Bonchev–Trinajstić information content (AvgIpc) is 2.51. The van der Waals surface area contributed by atoms with Crippen molar-refractivity contribution < 1.29 is 32.7 Å². The summed E-state index contributed by atoms with van der Waals surface area (Å²) in [4.78, 5) is 47.7. The van der Waals surface area contributed by atoms with Gasteiger partial charge in [-0.3, -0.25) is 14.4 Å². The Hall–Kier alpha value is -2.17. The third-order valence-electron chi connectivity index (χ3n) is 3.95. The molecule has 3 atom stereocenters. The normalized spacial score (nSPS) is 14.9. The van der Waals surface area contributed by atoms with E-state index < -0.39 is 51.7 Å². The number of amides is 3. The molecule has 4 N–H and O–H groups in total. The van der Waals surface area contributed by atoms with Crippen LogP contribution >= 0.6 is 0 Å². The van der Waals surface area contributed by atoms with Crippen LogP contribution < -0.4 is 16.0 Å². The lowest BCUT2D eigenvalue weighted by Crippen LogP contribution is -2.58. The summed E-state index contributed by atoms with van der Waals surface area (Å²) in [5, 5.41) is 16.5. The Morgan fingerprint density at radius 3 is 1.68 bits per heavy atom. The van der Waals surface area contributed by atoms with E-state index >= 15 is 0 Å². The minimum absolute atomic E-state index is 0.152. The highest BCUT2D eigenvalue weighted by Gasteiger charge is 2.32. The number of hydrogen-bond donors (Lipinski definition) is 4. The Bertz CT molecular complexity index is 689. The monoisotopic (exact) mass is 421 g/mol. The number of carboxylic acids is 1. The highest BCUT2D eigenvalue weighted by atomic mass is 32.2. The van der Waals surface area contributed by atoms with E-state index in [1.54, 1.807) is 27.7 Å².